The summed E-state index contributed by atoms with van der Waals surface area (Å²) in [5, 5.41) is 3.47. The van der Waals surface area contributed by atoms with E-state index in [0.29, 0.717) is 0 Å². The van der Waals surface area contributed by atoms with Crippen LogP contribution >= 0.6 is 11.6 Å². The predicted octanol–water partition coefficient (Wildman–Crippen LogP) is 4.60. The van der Waals surface area contributed by atoms with Crippen molar-refractivity contribution in [1.82, 2.24) is 5.32 Å². The molecule has 0 bridgehead atoms. The van der Waals surface area contributed by atoms with Gasteiger partial charge in [-0.3, -0.25) is 0 Å². The SMILES string of the molecule is CNC(Cc1ccc(Cl)c(F)c1)c1cc(C)cc(C)c1. The molecule has 2 aromatic rings. The van der Waals surface area contributed by atoms with E-state index in [1.165, 1.54) is 22.8 Å². The lowest BCUT2D eigenvalue weighted by molar-refractivity contribution is 0.583. The zero-order chi connectivity index (χ0) is 14.7. The minimum Gasteiger partial charge on any atom is -0.313 e. The monoisotopic (exact) mass is 291 g/mol. The van der Waals surface area contributed by atoms with Gasteiger partial charge in [0.1, 0.15) is 5.82 Å². The second-order valence-electron chi connectivity index (χ2n) is 5.21. The first kappa shape index (κ1) is 15.0. The van der Waals surface area contributed by atoms with Gasteiger partial charge in [0.15, 0.2) is 0 Å². The van der Waals surface area contributed by atoms with E-state index in [1.54, 1.807) is 6.07 Å². The summed E-state index contributed by atoms with van der Waals surface area (Å²) in [6.45, 7) is 4.18. The van der Waals surface area contributed by atoms with Crippen LogP contribution in [0.1, 0.15) is 28.3 Å². The van der Waals surface area contributed by atoms with Gasteiger partial charge in [0.25, 0.3) is 0 Å². The molecular weight excluding hydrogens is 273 g/mol. The summed E-state index contributed by atoms with van der Waals surface area (Å²) in [6.07, 6.45) is 0.730. The maximum absolute atomic E-state index is 13.5. The average molecular weight is 292 g/mol. The summed E-state index contributed by atoms with van der Waals surface area (Å²) in [7, 11) is 1.93. The zero-order valence-electron chi connectivity index (χ0n) is 12.0. The molecule has 0 aliphatic heterocycles. The fourth-order valence-corrected chi connectivity index (χ4v) is 2.62. The van der Waals surface area contributed by atoms with Crippen molar-refractivity contribution in [3.05, 3.63) is 69.5 Å². The van der Waals surface area contributed by atoms with Crippen molar-refractivity contribution < 1.29 is 4.39 Å². The van der Waals surface area contributed by atoms with Gasteiger partial charge in [-0.25, -0.2) is 4.39 Å². The first-order valence-corrected chi connectivity index (χ1v) is 7.07. The normalized spacial score (nSPS) is 12.4. The fourth-order valence-electron chi connectivity index (χ4n) is 2.50. The van der Waals surface area contributed by atoms with E-state index in [4.69, 9.17) is 11.6 Å². The number of hydrogen-bond acceptors (Lipinski definition) is 1. The van der Waals surface area contributed by atoms with Crippen LogP contribution in [0.5, 0.6) is 0 Å². The first-order valence-electron chi connectivity index (χ1n) is 6.69. The van der Waals surface area contributed by atoms with Gasteiger partial charge in [-0.05, 0) is 50.6 Å². The molecule has 1 atom stereocenters. The number of nitrogens with one attached hydrogen (secondary N) is 1. The van der Waals surface area contributed by atoms with Crippen LogP contribution in [0, 0.1) is 19.7 Å². The Labute approximate surface area is 124 Å². The van der Waals surface area contributed by atoms with E-state index in [1.807, 2.05) is 13.1 Å². The Hall–Kier alpha value is -1.38. The Morgan fingerprint density at radius 3 is 2.30 bits per heavy atom. The van der Waals surface area contributed by atoms with Crippen molar-refractivity contribution in [3.8, 4) is 0 Å². The van der Waals surface area contributed by atoms with Gasteiger partial charge < -0.3 is 5.32 Å². The molecule has 0 saturated carbocycles. The third-order valence-corrected chi connectivity index (χ3v) is 3.73. The summed E-state index contributed by atoms with van der Waals surface area (Å²) in [5.74, 6) is -0.362. The highest BCUT2D eigenvalue weighted by Crippen LogP contribution is 2.23. The quantitative estimate of drug-likeness (QED) is 0.868. The number of likely N-dealkylation sites (N-methyl/N-ethyl adjacent to an activating group) is 1. The van der Waals surface area contributed by atoms with Gasteiger partial charge in [0.2, 0.25) is 0 Å². The molecule has 0 radical (unpaired) electrons. The topological polar surface area (TPSA) is 12.0 Å². The molecule has 3 heteroatoms. The average Bonchev–Trinajstić information content (AvgIpc) is 2.38. The molecule has 0 saturated heterocycles. The van der Waals surface area contributed by atoms with Crippen LogP contribution in [0.2, 0.25) is 5.02 Å². The molecule has 2 rings (SSSR count). The molecule has 0 amide bonds. The van der Waals surface area contributed by atoms with Crippen LogP contribution in [0.4, 0.5) is 4.39 Å². The Bertz CT molecular complexity index is 590. The van der Waals surface area contributed by atoms with Gasteiger partial charge in [-0.2, -0.15) is 0 Å². The van der Waals surface area contributed by atoms with E-state index in [2.05, 4.69) is 37.4 Å². The highest BCUT2D eigenvalue weighted by Gasteiger charge is 2.12. The summed E-state index contributed by atoms with van der Waals surface area (Å²) >= 11 is 5.72. The first-order chi connectivity index (χ1) is 9.49. The van der Waals surface area contributed by atoms with Gasteiger partial charge >= 0.3 is 0 Å². The van der Waals surface area contributed by atoms with E-state index >= 15 is 0 Å². The molecule has 0 aliphatic carbocycles. The van der Waals surface area contributed by atoms with Gasteiger partial charge in [-0.1, -0.05) is 47.0 Å². The van der Waals surface area contributed by atoms with Gasteiger partial charge in [0.05, 0.1) is 5.02 Å². The maximum Gasteiger partial charge on any atom is 0.142 e. The molecule has 20 heavy (non-hydrogen) atoms. The van der Waals surface area contributed by atoms with Crippen molar-refractivity contribution in [2.45, 2.75) is 26.3 Å². The van der Waals surface area contributed by atoms with Crippen LogP contribution in [-0.4, -0.2) is 7.05 Å². The van der Waals surface area contributed by atoms with E-state index < -0.39 is 0 Å². The van der Waals surface area contributed by atoms with Gasteiger partial charge in [-0.15, -0.1) is 0 Å². The summed E-state index contributed by atoms with van der Waals surface area (Å²) in [5.41, 5.74) is 4.64. The smallest absolute Gasteiger partial charge is 0.142 e. The molecule has 0 fully saturated rings. The van der Waals surface area contributed by atoms with Crippen molar-refractivity contribution in [1.29, 1.82) is 0 Å². The highest BCUT2D eigenvalue weighted by molar-refractivity contribution is 6.30. The van der Waals surface area contributed by atoms with Crippen LogP contribution in [0.3, 0.4) is 0 Å². The second kappa shape index (κ2) is 6.38. The van der Waals surface area contributed by atoms with Crippen molar-refractivity contribution >= 4 is 11.6 Å². The summed E-state index contributed by atoms with van der Waals surface area (Å²) in [6, 6.07) is 11.6. The lowest BCUT2D eigenvalue weighted by atomic mass is 9.96. The largest absolute Gasteiger partial charge is 0.313 e. The summed E-state index contributed by atoms with van der Waals surface area (Å²) in [4.78, 5) is 0. The number of aryl methyl sites for hydroxylation is 2. The van der Waals surface area contributed by atoms with Crippen LogP contribution in [0.25, 0.3) is 0 Å². The maximum atomic E-state index is 13.5. The van der Waals surface area contributed by atoms with E-state index in [0.717, 1.165) is 12.0 Å². The molecule has 1 unspecified atom stereocenters. The summed E-state index contributed by atoms with van der Waals surface area (Å²) < 4.78 is 13.5. The predicted molar refractivity (Wildman–Crippen MR) is 82.8 cm³/mol. The molecule has 0 aliphatic rings. The van der Waals surface area contributed by atoms with E-state index in [9.17, 15) is 4.39 Å². The van der Waals surface area contributed by atoms with Gasteiger partial charge in [0, 0.05) is 6.04 Å². The zero-order valence-corrected chi connectivity index (χ0v) is 12.8. The number of hydrogen-bond donors (Lipinski definition) is 1. The molecule has 0 heterocycles. The molecule has 1 N–H and O–H groups in total. The Kier molecular flexibility index (Phi) is 4.79. The fraction of sp³-hybridized carbons (Fsp3) is 0.294. The lowest BCUT2D eigenvalue weighted by Crippen LogP contribution is -2.19. The Morgan fingerprint density at radius 2 is 1.75 bits per heavy atom. The third kappa shape index (κ3) is 3.59. The van der Waals surface area contributed by atoms with Crippen molar-refractivity contribution in [2.24, 2.45) is 0 Å². The number of rotatable bonds is 4. The van der Waals surface area contributed by atoms with Crippen molar-refractivity contribution in [2.75, 3.05) is 7.05 Å². The van der Waals surface area contributed by atoms with Crippen LogP contribution in [-0.2, 0) is 6.42 Å². The minimum atomic E-state index is -0.362. The molecule has 1 nitrogen and oxygen atoms in total. The number of benzene rings is 2. The molecule has 106 valence electrons. The van der Waals surface area contributed by atoms with E-state index in [-0.39, 0.29) is 16.9 Å². The highest BCUT2D eigenvalue weighted by atomic mass is 35.5. The molecule has 0 aromatic heterocycles. The Morgan fingerprint density at radius 1 is 1.10 bits per heavy atom. The van der Waals surface area contributed by atoms with Crippen LogP contribution < -0.4 is 5.32 Å². The minimum absolute atomic E-state index is 0.161. The standard InChI is InChI=1S/C17H19ClFN/c1-11-6-12(2)8-14(7-11)17(20-3)10-13-4-5-15(18)16(19)9-13/h4-9,17,20H,10H2,1-3H3. The molecular formula is C17H19ClFN. The number of halogens is 2. The Balaban J connectivity index is 2.26. The van der Waals surface area contributed by atoms with Crippen molar-refractivity contribution in [3.63, 3.8) is 0 Å². The van der Waals surface area contributed by atoms with Crippen LogP contribution in [0.15, 0.2) is 36.4 Å². The second-order valence-corrected chi connectivity index (χ2v) is 5.62. The molecule has 0 spiro atoms. The molecule has 2 aromatic carbocycles. The lowest BCUT2D eigenvalue weighted by Gasteiger charge is -2.18. The third-order valence-electron chi connectivity index (χ3n) is 3.42.